The van der Waals surface area contributed by atoms with Gasteiger partial charge in [-0.25, -0.2) is 0 Å². The molecule has 1 fully saturated rings. The minimum atomic E-state index is 0.366. The summed E-state index contributed by atoms with van der Waals surface area (Å²) < 4.78 is 5.43. The molecular weight excluding hydrogens is 210 g/mol. The molecule has 1 aromatic carbocycles. The summed E-state index contributed by atoms with van der Waals surface area (Å²) in [5.41, 5.74) is 3.19. The van der Waals surface area contributed by atoms with Gasteiger partial charge in [0.25, 0.3) is 0 Å². The van der Waals surface area contributed by atoms with Gasteiger partial charge in [-0.05, 0) is 32.3 Å². The monoisotopic (exact) mass is 233 g/mol. The normalized spacial score (nSPS) is 17.8. The second-order valence-electron chi connectivity index (χ2n) is 5.05. The van der Waals surface area contributed by atoms with Crippen molar-refractivity contribution in [2.45, 2.75) is 32.1 Å². The molecule has 2 heteroatoms. The van der Waals surface area contributed by atoms with E-state index >= 15 is 0 Å². The largest absolute Gasteiger partial charge is 0.382 e. The maximum Gasteiger partial charge on any atom is 0.0466 e. The predicted octanol–water partition coefficient (Wildman–Crippen LogP) is 2.65. The molecule has 2 rings (SSSR count). The molecule has 1 aliphatic heterocycles. The fraction of sp³-hybridized carbons (Fsp3) is 0.600. The van der Waals surface area contributed by atoms with E-state index in [1.807, 2.05) is 0 Å². The van der Waals surface area contributed by atoms with Crippen molar-refractivity contribution in [3.8, 4) is 0 Å². The lowest BCUT2D eigenvalue weighted by Crippen LogP contribution is -2.56. The van der Waals surface area contributed by atoms with E-state index in [4.69, 9.17) is 4.74 Å². The molecule has 1 aromatic rings. The van der Waals surface area contributed by atoms with Crippen LogP contribution in [-0.2, 0) is 10.2 Å². The Morgan fingerprint density at radius 2 is 1.94 bits per heavy atom. The van der Waals surface area contributed by atoms with Gasteiger partial charge in [-0.1, -0.05) is 29.8 Å². The van der Waals surface area contributed by atoms with Gasteiger partial charge in [0.1, 0.15) is 0 Å². The lowest BCUT2D eigenvalue weighted by atomic mass is 9.72. The van der Waals surface area contributed by atoms with Crippen LogP contribution in [0.2, 0.25) is 0 Å². The molecule has 0 bridgehead atoms. The Balaban J connectivity index is 1.96. The summed E-state index contributed by atoms with van der Waals surface area (Å²) in [6.45, 7) is 8.15. The minimum Gasteiger partial charge on any atom is -0.382 e. The molecule has 0 unspecified atom stereocenters. The summed E-state index contributed by atoms with van der Waals surface area (Å²) >= 11 is 0. The highest BCUT2D eigenvalue weighted by Crippen LogP contribution is 2.33. The van der Waals surface area contributed by atoms with Gasteiger partial charge < -0.3 is 10.1 Å². The van der Waals surface area contributed by atoms with Gasteiger partial charge in [-0.2, -0.15) is 0 Å². The first-order valence-corrected chi connectivity index (χ1v) is 6.62. The van der Waals surface area contributed by atoms with Crippen LogP contribution >= 0.6 is 0 Å². The predicted molar refractivity (Wildman–Crippen MR) is 71.5 cm³/mol. The van der Waals surface area contributed by atoms with E-state index in [1.54, 1.807) is 0 Å². The first-order chi connectivity index (χ1) is 8.27. The molecule has 0 atom stereocenters. The topological polar surface area (TPSA) is 21.3 Å². The molecule has 1 aliphatic rings. The zero-order valence-corrected chi connectivity index (χ0v) is 11.0. The Labute approximate surface area is 104 Å². The van der Waals surface area contributed by atoms with Crippen molar-refractivity contribution in [1.82, 2.24) is 5.32 Å². The first-order valence-electron chi connectivity index (χ1n) is 6.62. The molecule has 0 saturated carbocycles. The molecule has 0 amide bonds. The number of hydrogen-bond donors (Lipinski definition) is 1. The number of ether oxygens (including phenoxy) is 1. The summed E-state index contributed by atoms with van der Waals surface area (Å²) in [6, 6.07) is 9.02. The van der Waals surface area contributed by atoms with Crippen molar-refractivity contribution in [2.75, 3.05) is 26.3 Å². The van der Waals surface area contributed by atoms with E-state index in [0.29, 0.717) is 5.41 Å². The van der Waals surface area contributed by atoms with E-state index in [2.05, 4.69) is 43.4 Å². The van der Waals surface area contributed by atoms with Crippen LogP contribution in [0, 0.1) is 6.92 Å². The maximum atomic E-state index is 5.43. The highest BCUT2D eigenvalue weighted by molar-refractivity contribution is 5.32. The number of rotatable bonds is 6. The third-order valence-corrected chi connectivity index (χ3v) is 3.74. The first kappa shape index (κ1) is 12.6. The Hall–Kier alpha value is -0.860. The zero-order valence-electron chi connectivity index (χ0n) is 11.0. The van der Waals surface area contributed by atoms with E-state index in [1.165, 1.54) is 17.5 Å². The summed E-state index contributed by atoms with van der Waals surface area (Å²) in [5, 5.41) is 3.42. The van der Waals surface area contributed by atoms with Gasteiger partial charge in [0.2, 0.25) is 0 Å². The van der Waals surface area contributed by atoms with E-state index in [9.17, 15) is 0 Å². The average Bonchev–Trinajstić information content (AvgIpc) is 2.29. The Morgan fingerprint density at radius 1 is 1.24 bits per heavy atom. The number of nitrogens with one attached hydrogen (secondary N) is 1. The van der Waals surface area contributed by atoms with Gasteiger partial charge in [0, 0.05) is 31.7 Å². The number of aryl methyl sites for hydroxylation is 1. The highest BCUT2D eigenvalue weighted by atomic mass is 16.5. The third-order valence-electron chi connectivity index (χ3n) is 3.74. The van der Waals surface area contributed by atoms with Gasteiger partial charge in [0.05, 0.1) is 0 Å². The van der Waals surface area contributed by atoms with Crippen molar-refractivity contribution in [3.05, 3.63) is 35.4 Å². The summed E-state index contributed by atoms with van der Waals surface area (Å²) in [4.78, 5) is 0. The SMILES string of the molecule is CCOCCCC1(c2ccc(C)cc2)CNC1. The second-order valence-corrected chi connectivity index (χ2v) is 5.05. The smallest absolute Gasteiger partial charge is 0.0466 e. The summed E-state index contributed by atoms with van der Waals surface area (Å²) in [6.07, 6.45) is 2.38. The second kappa shape index (κ2) is 5.65. The van der Waals surface area contributed by atoms with Gasteiger partial charge in [-0.3, -0.25) is 0 Å². The number of benzene rings is 1. The Morgan fingerprint density at radius 3 is 2.47 bits per heavy atom. The molecule has 0 aromatic heterocycles. The molecule has 1 heterocycles. The van der Waals surface area contributed by atoms with Crippen molar-refractivity contribution in [1.29, 1.82) is 0 Å². The molecule has 0 spiro atoms. The molecular formula is C15H23NO. The van der Waals surface area contributed by atoms with Crippen LogP contribution in [0.5, 0.6) is 0 Å². The van der Waals surface area contributed by atoms with Crippen molar-refractivity contribution in [3.63, 3.8) is 0 Å². The van der Waals surface area contributed by atoms with Crippen molar-refractivity contribution >= 4 is 0 Å². The summed E-state index contributed by atoms with van der Waals surface area (Å²) in [5.74, 6) is 0. The minimum absolute atomic E-state index is 0.366. The lowest BCUT2D eigenvalue weighted by molar-refractivity contribution is 0.129. The van der Waals surface area contributed by atoms with Gasteiger partial charge in [0.15, 0.2) is 0 Å². The maximum absolute atomic E-state index is 5.43. The quantitative estimate of drug-likeness (QED) is 0.763. The molecule has 2 nitrogen and oxygen atoms in total. The number of hydrogen-bond acceptors (Lipinski definition) is 2. The standard InChI is InChI=1S/C15H23NO/c1-3-17-10-4-9-15(11-16-12-15)14-7-5-13(2)6-8-14/h5-8,16H,3-4,9-12H2,1-2H3. The Kier molecular flexibility index (Phi) is 4.19. The van der Waals surface area contributed by atoms with Gasteiger partial charge >= 0.3 is 0 Å². The molecule has 94 valence electrons. The van der Waals surface area contributed by atoms with Crippen LogP contribution in [-0.4, -0.2) is 26.3 Å². The molecule has 1 N–H and O–H groups in total. The van der Waals surface area contributed by atoms with Crippen LogP contribution in [0.15, 0.2) is 24.3 Å². The molecule has 0 aliphatic carbocycles. The highest BCUT2D eigenvalue weighted by Gasteiger charge is 2.37. The van der Waals surface area contributed by atoms with Crippen molar-refractivity contribution in [2.24, 2.45) is 0 Å². The fourth-order valence-electron chi connectivity index (χ4n) is 2.52. The van der Waals surface area contributed by atoms with E-state index < -0.39 is 0 Å². The van der Waals surface area contributed by atoms with Crippen LogP contribution in [0.4, 0.5) is 0 Å². The van der Waals surface area contributed by atoms with E-state index in [-0.39, 0.29) is 0 Å². The van der Waals surface area contributed by atoms with E-state index in [0.717, 1.165) is 32.7 Å². The molecule has 0 radical (unpaired) electrons. The van der Waals surface area contributed by atoms with Crippen LogP contribution < -0.4 is 5.32 Å². The lowest BCUT2D eigenvalue weighted by Gasteiger charge is -2.43. The van der Waals surface area contributed by atoms with Crippen molar-refractivity contribution < 1.29 is 4.74 Å². The van der Waals surface area contributed by atoms with Crippen LogP contribution in [0.1, 0.15) is 30.9 Å². The molecule has 1 saturated heterocycles. The zero-order chi connectivity index (χ0) is 12.1. The fourth-order valence-corrected chi connectivity index (χ4v) is 2.52. The van der Waals surface area contributed by atoms with Crippen LogP contribution in [0.3, 0.4) is 0 Å². The van der Waals surface area contributed by atoms with Crippen LogP contribution in [0.25, 0.3) is 0 Å². The third kappa shape index (κ3) is 2.88. The van der Waals surface area contributed by atoms with Gasteiger partial charge in [-0.15, -0.1) is 0 Å². The Bertz CT molecular complexity index is 340. The average molecular weight is 233 g/mol. The molecule has 17 heavy (non-hydrogen) atoms. The summed E-state index contributed by atoms with van der Waals surface area (Å²) in [7, 11) is 0.